The highest BCUT2D eigenvalue weighted by Gasteiger charge is 2.27. The molecule has 0 aliphatic carbocycles. The molecule has 0 spiro atoms. The Labute approximate surface area is 127 Å². The van der Waals surface area contributed by atoms with Gasteiger partial charge < -0.3 is 9.30 Å². The van der Waals surface area contributed by atoms with Crippen molar-refractivity contribution in [3.8, 4) is 11.4 Å². The van der Waals surface area contributed by atoms with Crippen LogP contribution in [0.2, 0.25) is 0 Å². The summed E-state index contributed by atoms with van der Waals surface area (Å²) in [5.74, 6) is 0.925. The normalized spacial score (nSPS) is 16.1. The Morgan fingerprint density at radius 1 is 1.40 bits per heavy atom. The Bertz CT molecular complexity index is 578. The van der Waals surface area contributed by atoms with E-state index in [2.05, 4.69) is 38.8 Å². The molecule has 1 fully saturated rings. The van der Waals surface area contributed by atoms with E-state index in [4.69, 9.17) is 4.74 Å². The first-order valence-corrected chi connectivity index (χ1v) is 7.73. The highest BCUT2D eigenvalue weighted by atomic mass is 79.9. The fourth-order valence-electron chi connectivity index (χ4n) is 2.45. The molecule has 1 aliphatic rings. The minimum Gasteiger partial charge on any atom is -0.488 e. The number of aromatic nitrogens is 2. The predicted octanol–water partition coefficient (Wildman–Crippen LogP) is 3.11. The molecule has 2 aromatic rings. The summed E-state index contributed by atoms with van der Waals surface area (Å²) in [5.41, 5.74) is 1.06. The maximum atomic E-state index is 6.01. The van der Waals surface area contributed by atoms with Gasteiger partial charge in [-0.2, -0.15) is 0 Å². The van der Waals surface area contributed by atoms with Gasteiger partial charge in [0.1, 0.15) is 22.8 Å². The second-order valence-corrected chi connectivity index (χ2v) is 5.91. The van der Waals surface area contributed by atoms with Gasteiger partial charge in [-0.3, -0.25) is 4.90 Å². The van der Waals surface area contributed by atoms with E-state index in [1.54, 1.807) is 6.33 Å². The fourth-order valence-corrected chi connectivity index (χ4v) is 2.76. The first-order valence-electron chi connectivity index (χ1n) is 6.93. The van der Waals surface area contributed by atoms with Crippen LogP contribution in [0.5, 0.6) is 5.75 Å². The summed E-state index contributed by atoms with van der Waals surface area (Å²) in [6.45, 7) is 5.45. The zero-order valence-electron chi connectivity index (χ0n) is 11.5. The number of hydrogen-bond donors (Lipinski definition) is 0. The molecule has 2 heterocycles. The minimum atomic E-state index is 0.325. The van der Waals surface area contributed by atoms with Crippen LogP contribution < -0.4 is 4.74 Å². The number of hydrogen-bond acceptors (Lipinski definition) is 3. The SMILES string of the molecule is CCCN1CC(Oc2cccc(-n3cnc(Br)c3)c2)C1. The van der Waals surface area contributed by atoms with Crippen molar-refractivity contribution in [2.45, 2.75) is 19.4 Å². The molecule has 1 aromatic heterocycles. The third kappa shape index (κ3) is 3.04. The lowest BCUT2D eigenvalue weighted by molar-refractivity contribution is 0.0203. The highest BCUT2D eigenvalue weighted by molar-refractivity contribution is 9.10. The fraction of sp³-hybridized carbons (Fsp3) is 0.400. The summed E-state index contributed by atoms with van der Waals surface area (Å²) in [6.07, 6.45) is 5.25. The first-order chi connectivity index (χ1) is 9.74. The van der Waals surface area contributed by atoms with E-state index in [-0.39, 0.29) is 0 Å². The molecule has 1 aromatic carbocycles. The van der Waals surface area contributed by atoms with E-state index in [0.29, 0.717) is 6.10 Å². The number of rotatable bonds is 5. The van der Waals surface area contributed by atoms with Crippen molar-refractivity contribution in [3.63, 3.8) is 0 Å². The average Bonchev–Trinajstić information content (AvgIpc) is 2.84. The molecule has 0 atom stereocenters. The number of halogens is 1. The van der Waals surface area contributed by atoms with Crippen LogP contribution >= 0.6 is 15.9 Å². The van der Waals surface area contributed by atoms with Gasteiger partial charge in [0.2, 0.25) is 0 Å². The topological polar surface area (TPSA) is 30.3 Å². The van der Waals surface area contributed by atoms with Gasteiger partial charge in [0.05, 0.1) is 5.69 Å². The summed E-state index contributed by atoms with van der Waals surface area (Å²) in [7, 11) is 0. The zero-order chi connectivity index (χ0) is 13.9. The van der Waals surface area contributed by atoms with E-state index in [1.165, 1.54) is 13.0 Å². The smallest absolute Gasteiger partial charge is 0.124 e. The molecule has 4 nitrogen and oxygen atoms in total. The van der Waals surface area contributed by atoms with Crippen molar-refractivity contribution in [2.24, 2.45) is 0 Å². The van der Waals surface area contributed by atoms with Crippen LogP contribution in [-0.2, 0) is 0 Å². The predicted molar refractivity (Wildman–Crippen MR) is 82.4 cm³/mol. The van der Waals surface area contributed by atoms with Crippen molar-refractivity contribution >= 4 is 15.9 Å². The van der Waals surface area contributed by atoms with Crippen molar-refractivity contribution in [3.05, 3.63) is 41.4 Å². The van der Waals surface area contributed by atoms with E-state index in [9.17, 15) is 0 Å². The Balaban J connectivity index is 1.64. The quantitative estimate of drug-likeness (QED) is 0.841. The van der Waals surface area contributed by atoms with Gasteiger partial charge in [-0.1, -0.05) is 13.0 Å². The molecule has 0 N–H and O–H groups in total. The van der Waals surface area contributed by atoms with Crippen LogP contribution in [0, 0.1) is 0 Å². The molecule has 3 rings (SSSR count). The molecule has 0 bridgehead atoms. The Morgan fingerprint density at radius 3 is 2.95 bits per heavy atom. The van der Waals surface area contributed by atoms with Crippen LogP contribution in [0.4, 0.5) is 0 Å². The molecule has 1 aliphatic heterocycles. The molecule has 5 heteroatoms. The summed E-state index contributed by atoms with van der Waals surface area (Å²) in [4.78, 5) is 6.59. The maximum Gasteiger partial charge on any atom is 0.124 e. The van der Waals surface area contributed by atoms with E-state index in [1.807, 2.05) is 29.0 Å². The molecule has 0 amide bonds. The van der Waals surface area contributed by atoms with Crippen LogP contribution in [0.15, 0.2) is 41.4 Å². The van der Waals surface area contributed by atoms with E-state index >= 15 is 0 Å². The van der Waals surface area contributed by atoms with Crippen molar-refractivity contribution in [2.75, 3.05) is 19.6 Å². The number of likely N-dealkylation sites (tertiary alicyclic amines) is 1. The molecule has 20 heavy (non-hydrogen) atoms. The van der Waals surface area contributed by atoms with Gasteiger partial charge in [0, 0.05) is 25.4 Å². The van der Waals surface area contributed by atoms with E-state index < -0.39 is 0 Å². The summed E-state index contributed by atoms with van der Waals surface area (Å²) in [5, 5.41) is 0. The van der Waals surface area contributed by atoms with Crippen LogP contribution in [-0.4, -0.2) is 40.2 Å². The molecule has 0 saturated carbocycles. The Morgan fingerprint density at radius 2 is 2.25 bits per heavy atom. The molecule has 0 radical (unpaired) electrons. The molecular weight excluding hydrogens is 318 g/mol. The van der Waals surface area contributed by atoms with Gasteiger partial charge in [0.25, 0.3) is 0 Å². The zero-order valence-corrected chi connectivity index (χ0v) is 13.1. The lowest BCUT2D eigenvalue weighted by Gasteiger charge is -2.38. The molecule has 1 saturated heterocycles. The Hall–Kier alpha value is -1.33. The number of ether oxygens (including phenoxy) is 1. The number of nitrogens with zero attached hydrogens (tertiary/aromatic N) is 3. The molecule has 106 valence electrons. The van der Waals surface area contributed by atoms with Gasteiger partial charge in [-0.15, -0.1) is 0 Å². The monoisotopic (exact) mass is 335 g/mol. The minimum absolute atomic E-state index is 0.325. The largest absolute Gasteiger partial charge is 0.488 e. The van der Waals surface area contributed by atoms with E-state index in [0.717, 1.165) is 29.1 Å². The van der Waals surface area contributed by atoms with Crippen molar-refractivity contribution in [1.82, 2.24) is 14.5 Å². The summed E-state index contributed by atoms with van der Waals surface area (Å²) >= 11 is 3.36. The Kier molecular flexibility index (Phi) is 4.08. The van der Waals surface area contributed by atoms with Gasteiger partial charge in [-0.25, -0.2) is 4.98 Å². The number of imidazole rings is 1. The van der Waals surface area contributed by atoms with Gasteiger partial charge in [-0.05, 0) is 41.0 Å². The lowest BCUT2D eigenvalue weighted by atomic mass is 10.1. The number of benzene rings is 1. The third-order valence-electron chi connectivity index (χ3n) is 3.43. The first kappa shape index (κ1) is 13.6. The standard InChI is InChI=1S/C15H18BrN3O/c1-2-6-18-8-14(9-18)20-13-5-3-4-12(7-13)19-10-15(16)17-11-19/h3-5,7,10-11,14H,2,6,8-9H2,1H3. The average molecular weight is 336 g/mol. The van der Waals surface area contributed by atoms with Gasteiger partial charge >= 0.3 is 0 Å². The molecule has 0 unspecified atom stereocenters. The van der Waals surface area contributed by atoms with Gasteiger partial charge in [0.15, 0.2) is 0 Å². The van der Waals surface area contributed by atoms with Crippen molar-refractivity contribution < 1.29 is 4.74 Å². The third-order valence-corrected chi connectivity index (χ3v) is 3.84. The van der Waals surface area contributed by atoms with Crippen LogP contribution in [0.3, 0.4) is 0 Å². The maximum absolute atomic E-state index is 6.01. The lowest BCUT2D eigenvalue weighted by Crippen LogP contribution is -2.53. The van der Waals surface area contributed by atoms with Crippen LogP contribution in [0.1, 0.15) is 13.3 Å². The molecular formula is C15H18BrN3O. The second kappa shape index (κ2) is 5.97. The highest BCUT2D eigenvalue weighted by Crippen LogP contribution is 2.22. The van der Waals surface area contributed by atoms with Crippen molar-refractivity contribution in [1.29, 1.82) is 0 Å². The second-order valence-electron chi connectivity index (χ2n) is 5.10. The van der Waals surface area contributed by atoms with Crippen LogP contribution in [0.25, 0.3) is 5.69 Å². The summed E-state index contributed by atoms with van der Waals surface area (Å²) < 4.78 is 8.81. The summed E-state index contributed by atoms with van der Waals surface area (Å²) in [6, 6.07) is 8.13.